The summed E-state index contributed by atoms with van der Waals surface area (Å²) in [7, 11) is 0. The van der Waals surface area contributed by atoms with Gasteiger partial charge in [0.2, 0.25) is 5.82 Å². The summed E-state index contributed by atoms with van der Waals surface area (Å²) in [5.41, 5.74) is 0.363. The molecule has 0 unspecified atom stereocenters. The first-order valence-corrected chi connectivity index (χ1v) is 5.55. The Kier molecular flexibility index (Phi) is 3.39. The molecule has 2 N–H and O–H groups in total. The van der Waals surface area contributed by atoms with Crippen LogP contribution in [-0.4, -0.2) is 18.2 Å². The third-order valence-electron chi connectivity index (χ3n) is 3.11. The van der Waals surface area contributed by atoms with Gasteiger partial charge >= 0.3 is 0 Å². The lowest BCUT2D eigenvalue weighted by atomic mass is 9.91. The van der Waals surface area contributed by atoms with E-state index >= 15 is 0 Å². The molecule has 1 aromatic rings. The van der Waals surface area contributed by atoms with Crippen LogP contribution in [0.4, 0.5) is 8.78 Å². The number of benzene rings is 1. The van der Waals surface area contributed by atoms with Crippen LogP contribution in [0.3, 0.4) is 0 Å². The summed E-state index contributed by atoms with van der Waals surface area (Å²) in [6.45, 7) is 1.87. The van der Waals surface area contributed by atoms with Crippen LogP contribution < -0.4 is 5.32 Å². The molecule has 1 aromatic carbocycles. The molecule has 1 saturated heterocycles. The molecule has 2 rings (SSSR count). The largest absolute Gasteiger partial charge is 0.505 e. The van der Waals surface area contributed by atoms with Gasteiger partial charge in [-0.3, -0.25) is 0 Å². The second-order valence-electron chi connectivity index (χ2n) is 4.27. The third kappa shape index (κ3) is 2.32. The number of halogens is 2. The number of nitrogens with one attached hydrogen (secondary N) is 1. The van der Waals surface area contributed by atoms with E-state index in [4.69, 9.17) is 5.11 Å². The van der Waals surface area contributed by atoms with Gasteiger partial charge in [0.15, 0.2) is 11.6 Å². The van der Waals surface area contributed by atoms with Crippen LogP contribution in [0.25, 0.3) is 0 Å². The van der Waals surface area contributed by atoms with Crippen LogP contribution in [0.2, 0.25) is 0 Å². The second kappa shape index (κ2) is 4.78. The van der Waals surface area contributed by atoms with E-state index in [0.29, 0.717) is 17.9 Å². The summed E-state index contributed by atoms with van der Waals surface area (Å²) in [5.74, 6) is -2.25. The van der Waals surface area contributed by atoms with Crippen molar-refractivity contribution in [2.24, 2.45) is 5.92 Å². The highest BCUT2D eigenvalue weighted by Crippen LogP contribution is 2.25. The molecular formula is C12H15F2NO. The zero-order valence-corrected chi connectivity index (χ0v) is 8.97. The van der Waals surface area contributed by atoms with Crippen LogP contribution >= 0.6 is 0 Å². The maximum Gasteiger partial charge on any atom is 0.200 e. The zero-order chi connectivity index (χ0) is 11.5. The topological polar surface area (TPSA) is 32.3 Å². The number of phenols is 1. The molecule has 16 heavy (non-hydrogen) atoms. The van der Waals surface area contributed by atoms with Gasteiger partial charge in [0.05, 0.1) is 0 Å². The Balaban J connectivity index is 2.11. The molecule has 0 amide bonds. The Labute approximate surface area is 93.3 Å². The second-order valence-corrected chi connectivity index (χ2v) is 4.27. The quantitative estimate of drug-likeness (QED) is 0.812. The highest BCUT2D eigenvalue weighted by atomic mass is 19.2. The van der Waals surface area contributed by atoms with E-state index in [-0.39, 0.29) is 0 Å². The Bertz CT molecular complexity index is 376. The monoisotopic (exact) mass is 227 g/mol. The van der Waals surface area contributed by atoms with Crippen LogP contribution in [-0.2, 0) is 6.42 Å². The van der Waals surface area contributed by atoms with E-state index < -0.39 is 17.4 Å². The maximum atomic E-state index is 13.5. The van der Waals surface area contributed by atoms with E-state index in [0.717, 1.165) is 25.9 Å². The maximum absolute atomic E-state index is 13.5. The summed E-state index contributed by atoms with van der Waals surface area (Å²) in [4.78, 5) is 0. The number of piperidine rings is 1. The summed E-state index contributed by atoms with van der Waals surface area (Å²) >= 11 is 0. The number of phenolic OH excluding ortho intramolecular Hbond substituents is 1. The molecule has 0 saturated carbocycles. The van der Waals surface area contributed by atoms with Gasteiger partial charge in [-0.25, -0.2) is 4.39 Å². The molecule has 0 radical (unpaired) electrons. The van der Waals surface area contributed by atoms with E-state index in [1.807, 2.05) is 0 Å². The molecule has 88 valence electrons. The molecule has 0 aromatic heterocycles. The minimum atomic E-state index is -1.13. The van der Waals surface area contributed by atoms with Gasteiger partial charge in [0, 0.05) is 0 Å². The van der Waals surface area contributed by atoms with Crippen molar-refractivity contribution < 1.29 is 13.9 Å². The average Bonchev–Trinajstić information content (AvgIpc) is 2.31. The fraction of sp³-hybridized carbons (Fsp3) is 0.500. The Morgan fingerprint density at radius 2 is 1.88 bits per heavy atom. The van der Waals surface area contributed by atoms with Crippen molar-refractivity contribution in [2.75, 3.05) is 13.1 Å². The van der Waals surface area contributed by atoms with Crippen LogP contribution in [0, 0.1) is 17.6 Å². The van der Waals surface area contributed by atoms with E-state index in [2.05, 4.69) is 5.32 Å². The molecule has 4 heteroatoms. The van der Waals surface area contributed by atoms with Crippen molar-refractivity contribution in [3.8, 4) is 5.75 Å². The Hall–Kier alpha value is -1.16. The predicted molar refractivity (Wildman–Crippen MR) is 57.3 cm³/mol. The SMILES string of the molecule is Oc1ccc(CC2CCNCC2)c(F)c1F. The van der Waals surface area contributed by atoms with Crippen molar-refractivity contribution in [3.05, 3.63) is 29.3 Å². The van der Waals surface area contributed by atoms with Gasteiger partial charge in [-0.1, -0.05) is 6.07 Å². The van der Waals surface area contributed by atoms with Gasteiger partial charge in [-0.05, 0) is 49.9 Å². The van der Waals surface area contributed by atoms with Crippen LogP contribution in [0.15, 0.2) is 12.1 Å². The number of aromatic hydroxyl groups is 1. The fourth-order valence-corrected chi connectivity index (χ4v) is 2.13. The lowest BCUT2D eigenvalue weighted by molar-refractivity contribution is 0.361. The lowest BCUT2D eigenvalue weighted by Gasteiger charge is -2.22. The highest BCUT2D eigenvalue weighted by Gasteiger charge is 2.18. The van der Waals surface area contributed by atoms with Crippen LogP contribution in [0.5, 0.6) is 5.75 Å². The first-order chi connectivity index (χ1) is 7.68. The Morgan fingerprint density at radius 3 is 2.56 bits per heavy atom. The summed E-state index contributed by atoms with van der Waals surface area (Å²) in [6, 6.07) is 2.69. The fourth-order valence-electron chi connectivity index (χ4n) is 2.13. The van der Waals surface area contributed by atoms with Gasteiger partial charge in [0.25, 0.3) is 0 Å². The standard InChI is InChI=1S/C12H15F2NO/c13-11-9(1-2-10(16)12(11)14)7-8-3-5-15-6-4-8/h1-2,8,15-16H,3-7H2. The molecule has 0 atom stereocenters. The molecule has 1 aliphatic heterocycles. The van der Waals surface area contributed by atoms with E-state index in [1.165, 1.54) is 12.1 Å². The molecular weight excluding hydrogens is 212 g/mol. The van der Waals surface area contributed by atoms with Gasteiger partial charge in [0.1, 0.15) is 0 Å². The van der Waals surface area contributed by atoms with E-state index in [9.17, 15) is 8.78 Å². The first-order valence-electron chi connectivity index (χ1n) is 5.55. The summed E-state index contributed by atoms with van der Waals surface area (Å²) < 4.78 is 26.6. The minimum Gasteiger partial charge on any atom is -0.505 e. The molecule has 0 spiro atoms. The van der Waals surface area contributed by atoms with Gasteiger partial charge in [-0.15, -0.1) is 0 Å². The Morgan fingerprint density at radius 1 is 1.19 bits per heavy atom. The molecule has 2 nitrogen and oxygen atoms in total. The predicted octanol–water partition coefficient (Wildman–Crippen LogP) is 2.21. The van der Waals surface area contributed by atoms with Gasteiger partial charge < -0.3 is 10.4 Å². The van der Waals surface area contributed by atoms with Crippen molar-refractivity contribution in [2.45, 2.75) is 19.3 Å². The van der Waals surface area contributed by atoms with E-state index in [1.54, 1.807) is 0 Å². The first kappa shape index (κ1) is 11.3. The molecule has 1 heterocycles. The van der Waals surface area contributed by atoms with Crippen molar-refractivity contribution >= 4 is 0 Å². The zero-order valence-electron chi connectivity index (χ0n) is 8.97. The smallest absolute Gasteiger partial charge is 0.200 e. The minimum absolute atomic E-state index is 0.363. The summed E-state index contributed by atoms with van der Waals surface area (Å²) in [5, 5.41) is 12.2. The highest BCUT2D eigenvalue weighted by molar-refractivity contribution is 5.30. The molecule has 1 aliphatic rings. The van der Waals surface area contributed by atoms with Gasteiger partial charge in [-0.2, -0.15) is 4.39 Å². The molecule has 0 bridgehead atoms. The number of hydrogen-bond donors (Lipinski definition) is 2. The third-order valence-corrected chi connectivity index (χ3v) is 3.11. The molecule has 1 fully saturated rings. The average molecular weight is 227 g/mol. The molecule has 0 aliphatic carbocycles. The lowest BCUT2D eigenvalue weighted by Crippen LogP contribution is -2.28. The number of hydrogen-bond acceptors (Lipinski definition) is 2. The van der Waals surface area contributed by atoms with Crippen LogP contribution in [0.1, 0.15) is 18.4 Å². The van der Waals surface area contributed by atoms with Crippen molar-refractivity contribution in [1.29, 1.82) is 0 Å². The van der Waals surface area contributed by atoms with Crippen molar-refractivity contribution in [1.82, 2.24) is 5.32 Å². The normalized spacial score (nSPS) is 17.6. The number of rotatable bonds is 2. The summed E-state index contributed by atoms with van der Waals surface area (Å²) in [6.07, 6.45) is 2.52. The van der Waals surface area contributed by atoms with Crippen molar-refractivity contribution in [3.63, 3.8) is 0 Å².